The Morgan fingerprint density at radius 1 is 0.630 bits per heavy atom. The second kappa shape index (κ2) is 17.0. The van der Waals surface area contributed by atoms with Crippen molar-refractivity contribution in [3.05, 3.63) is 0 Å². The lowest BCUT2D eigenvalue weighted by Gasteiger charge is -2.25. The van der Waals surface area contributed by atoms with Crippen molar-refractivity contribution in [1.82, 2.24) is 0 Å². The summed E-state index contributed by atoms with van der Waals surface area (Å²) in [6.45, 7) is 3.00. The average molecular weight is 389 g/mol. The third kappa shape index (κ3) is 10.7. The number of unbranched alkanes of at least 4 members (excludes halogenated alkanes) is 10. The van der Waals surface area contributed by atoms with Crippen LogP contribution in [0.2, 0.25) is 0 Å². The minimum Gasteiger partial charge on any atom is -0.465 e. The summed E-state index contributed by atoms with van der Waals surface area (Å²) in [5, 5.41) is 19.1. The molecule has 0 aromatic carbocycles. The maximum atomic E-state index is 12.3. The molecule has 2 N–H and O–H groups in total. The number of carbonyl (C=O) groups is 2. The van der Waals surface area contributed by atoms with Crippen molar-refractivity contribution < 1.29 is 29.3 Å². The number of aliphatic hydroxyl groups excluding tert-OH is 2. The highest BCUT2D eigenvalue weighted by atomic mass is 16.6. The van der Waals surface area contributed by atoms with E-state index in [2.05, 4.69) is 13.8 Å². The molecular formula is C21H40O6. The van der Waals surface area contributed by atoms with Crippen LogP contribution in [0, 0.1) is 5.41 Å². The molecule has 0 aliphatic carbocycles. The van der Waals surface area contributed by atoms with E-state index in [0.717, 1.165) is 38.5 Å². The average Bonchev–Trinajstić information content (AvgIpc) is 2.68. The number of hydrogen-bond donors (Lipinski definition) is 2. The van der Waals surface area contributed by atoms with Gasteiger partial charge >= 0.3 is 11.9 Å². The molecule has 6 heteroatoms. The van der Waals surface area contributed by atoms with Crippen LogP contribution in [0.5, 0.6) is 0 Å². The summed E-state index contributed by atoms with van der Waals surface area (Å²) in [6, 6.07) is 0. The molecule has 0 heterocycles. The molecule has 0 unspecified atom stereocenters. The normalized spacial score (nSPS) is 11.4. The van der Waals surface area contributed by atoms with E-state index >= 15 is 0 Å². The highest BCUT2D eigenvalue weighted by molar-refractivity contribution is 6.00. The molecule has 0 aliphatic rings. The monoisotopic (exact) mass is 388 g/mol. The Bertz CT molecular complexity index is 347. The van der Waals surface area contributed by atoms with Gasteiger partial charge in [0.2, 0.25) is 5.41 Å². The van der Waals surface area contributed by atoms with Crippen molar-refractivity contribution in [1.29, 1.82) is 0 Å². The fraction of sp³-hybridized carbons (Fsp3) is 0.905. The van der Waals surface area contributed by atoms with Gasteiger partial charge in [-0.1, -0.05) is 78.1 Å². The topological polar surface area (TPSA) is 93.1 Å². The Morgan fingerprint density at radius 2 is 0.963 bits per heavy atom. The van der Waals surface area contributed by atoms with Crippen LogP contribution in [0.25, 0.3) is 0 Å². The number of esters is 2. The molecule has 0 fully saturated rings. The Kier molecular flexibility index (Phi) is 16.3. The molecule has 0 atom stereocenters. The summed E-state index contributed by atoms with van der Waals surface area (Å²) >= 11 is 0. The zero-order chi connectivity index (χ0) is 20.4. The summed E-state index contributed by atoms with van der Waals surface area (Å²) in [6.07, 6.45) is 12.5. The van der Waals surface area contributed by atoms with Gasteiger partial charge in [0.15, 0.2) is 0 Å². The van der Waals surface area contributed by atoms with Crippen molar-refractivity contribution in [2.75, 3.05) is 26.4 Å². The number of carbonyl (C=O) groups excluding carboxylic acids is 2. The van der Waals surface area contributed by atoms with E-state index in [0.29, 0.717) is 12.8 Å². The number of ether oxygens (including phenoxy) is 2. The van der Waals surface area contributed by atoms with Crippen molar-refractivity contribution in [2.45, 2.75) is 90.9 Å². The van der Waals surface area contributed by atoms with Crippen molar-refractivity contribution in [3.8, 4) is 0 Å². The van der Waals surface area contributed by atoms with Gasteiger partial charge in [-0.3, -0.25) is 9.59 Å². The molecule has 0 saturated carbocycles. The number of hydrogen-bond acceptors (Lipinski definition) is 6. The lowest BCUT2D eigenvalue weighted by Crippen LogP contribution is -2.48. The first kappa shape index (κ1) is 25.9. The molecule has 0 radical (unpaired) electrons. The van der Waals surface area contributed by atoms with E-state index in [1.807, 2.05) is 0 Å². The van der Waals surface area contributed by atoms with Gasteiger partial charge in [0.1, 0.15) is 0 Å². The van der Waals surface area contributed by atoms with E-state index < -0.39 is 30.6 Å². The van der Waals surface area contributed by atoms with Gasteiger partial charge in [-0.15, -0.1) is 0 Å². The van der Waals surface area contributed by atoms with Crippen LogP contribution in [0.4, 0.5) is 0 Å². The zero-order valence-corrected chi connectivity index (χ0v) is 17.3. The Labute approximate surface area is 164 Å². The number of rotatable bonds is 18. The summed E-state index contributed by atoms with van der Waals surface area (Å²) in [7, 11) is 0. The molecule has 6 nitrogen and oxygen atoms in total. The fourth-order valence-corrected chi connectivity index (χ4v) is 2.76. The van der Waals surface area contributed by atoms with Gasteiger partial charge in [0.05, 0.1) is 26.4 Å². The summed E-state index contributed by atoms with van der Waals surface area (Å²) in [5.74, 6) is -1.82. The molecular weight excluding hydrogens is 348 g/mol. The Hall–Kier alpha value is -1.14. The van der Waals surface area contributed by atoms with Gasteiger partial charge in [0.25, 0.3) is 0 Å². The zero-order valence-electron chi connectivity index (χ0n) is 17.3. The standard InChI is InChI=1S/C21H40O6/c1-3-5-7-9-11-13-15-26-19(24)21(17-22,18-23)20(25)27-16-14-12-10-8-6-4-2/h22-23H,3-18H2,1-2H3. The first-order valence-corrected chi connectivity index (χ1v) is 10.6. The van der Waals surface area contributed by atoms with Crippen LogP contribution in [-0.2, 0) is 19.1 Å². The highest BCUT2D eigenvalue weighted by Gasteiger charge is 2.48. The van der Waals surface area contributed by atoms with E-state index in [4.69, 9.17) is 9.47 Å². The lowest BCUT2D eigenvalue weighted by atomic mass is 9.90. The predicted octanol–water partition coefficient (Wildman–Crippen LogP) is 3.76. The van der Waals surface area contributed by atoms with Crippen LogP contribution in [-0.4, -0.2) is 48.6 Å². The van der Waals surface area contributed by atoms with Crippen LogP contribution >= 0.6 is 0 Å². The molecule has 0 bridgehead atoms. The third-order valence-electron chi connectivity index (χ3n) is 4.78. The van der Waals surface area contributed by atoms with Crippen LogP contribution < -0.4 is 0 Å². The lowest BCUT2D eigenvalue weighted by molar-refractivity contribution is -0.179. The fourth-order valence-electron chi connectivity index (χ4n) is 2.76. The van der Waals surface area contributed by atoms with Crippen molar-refractivity contribution >= 4 is 11.9 Å². The van der Waals surface area contributed by atoms with E-state index in [9.17, 15) is 19.8 Å². The first-order valence-electron chi connectivity index (χ1n) is 10.6. The molecule has 0 amide bonds. The predicted molar refractivity (Wildman–Crippen MR) is 105 cm³/mol. The maximum absolute atomic E-state index is 12.3. The molecule has 27 heavy (non-hydrogen) atoms. The van der Waals surface area contributed by atoms with Gasteiger partial charge in [-0.25, -0.2) is 0 Å². The summed E-state index contributed by atoms with van der Waals surface area (Å²) in [4.78, 5) is 24.5. The molecule has 0 spiro atoms. The Morgan fingerprint density at radius 3 is 1.30 bits per heavy atom. The molecule has 0 saturated heterocycles. The van der Waals surface area contributed by atoms with Gasteiger partial charge in [-0.05, 0) is 12.8 Å². The SMILES string of the molecule is CCCCCCCCOC(=O)C(CO)(CO)C(=O)OCCCCCCCC. The maximum Gasteiger partial charge on any atom is 0.328 e. The van der Waals surface area contributed by atoms with Crippen LogP contribution in [0.1, 0.15) is 90.9 Å². The highest BCUT2D eigenvalue weighted by Crippen LogP contribution is 2.21. The molecule has 0 rings (SSSR count). The van der Waals surface area contributed by atoms with E-state index in [1.54, 1.807) is 0 Å². The number of aliphatic hydroxyl groups is 2. The molecule has 0 aromatic heterocycles. The largest absolute Gasteiger partial charge is 0.465 e. The third-order valence-corrected chi connectivity index (χ3v) is 4.78. The summed E-state index contributed by atoms with van der Waals surface area (Å²) in [5.41, 5.74) is -2.02. The minimum absolute atomic E-state index is 0.178. The summed E-state index contributed by atoms with van der Waals surface area (Å²) < 4.78 is 10.3. The van der Waals surface area contributed by atoms with Gasteiger partial charge in [-0.2, -0.15) is 0 Å². The second-order valence-corrected chi connectivity index (χ2v) is 7.21. The second-order valence-electron chi connectivity index (χ2n) is 7.21. The van der Waals surface area contributed by atoms with Gasteiger partial charge in [0, 0.05) is 0 Å². The molecule has 0 aliphatic heterocycles. The quantitative estimate of drug-likeness (QED) is 0.211. The first-order chi connectivity index (χ1) is 13.1. The van der Waals surface area contributed by atoms with Gasteiger partial charge < -0.3 is 19.7 Å². The van der Waals surface area contributed by atoms with Crippen LogP contribution in [0.15, 0.2) is 0 Å². The van der Waals surface area contributed by atoms with E-state index in [-0.39, 0.29) is 13.2 Å². The van der Waals surface area contributed by atoms with Crippen molar-refractivity contribution in [2.24, 2.45) is 5.41 Å². The minimum atomic E-state index is -2.02. The Balaban J connectivity index is 4.21. The smallest absolute Gasteiger partial charge is 0.328 e. The van der Waals surface area contributed by atoms with Crippen LogP contribution in [0.3, 0.4) is 0 Å². The molecule has 160 valence electrons. The molecule has 0 aromatic rings. The van der Waals surface area contributed by atoms with Crippen molar-refractivity contribution in [3.63, 3.8) is 0 Å². The van der Waals surface area contributed by atoms with E-state index in [1.165, 1.54) is 25.7 Å².